The molecule has 13 heavy (non-hydrogen) atoms. The highest BCUT2D eigenvalue weighted by Crippen LogP contribution is 2.16. The summed E-state index contributed by atoms with van der Waals surface area (Å²) in [6.07, 6.45) is 2.34. The van der Waals surface area contributed by atoms with Gasteiger partial charge in [-0.05, 0) is 38.1 Å². The van der Waals surface area contributed by atoms with Gasteiger partial charge in [-0.25, -0.2) is 0 Å². The van der Waals surface area contributed by atoms with Gasteiger partial charge < -0.3 is 9.64 Å². The number of nitrogens with zero attached hydrogens (tertiary/aromatic N) is 1. The van der Waals surface area contributed by atoms with Crippen LogP contribution in [0, 0.1) is 5.92 Å². The zero-order valence-electron chi connectivity index (χ0n) is 8.08. The van der Waals surface area contributed by atoms with E-state index in [0.29, 0.717) is 19.1 Å². The van der Waals surface area contributed by atoms with Crippen LogP contribution in [0.25, 0.3) is 0 Å². The summed E-state index contributed by atoms with van der Waals surface area (Å²) in [5, 5.41) is 2.88. The van der Waals surface area contributed by atoms with Gasteiger partial charge in [-0.2, -0.15) is 0 Å². The van der Waals surface area contributed by atoms with E-state index in [2.05, 4.69) is 17.1 Å². The van der Waals surface area contributed by atoms with Crippen molar-refractivity contribution in [2.24, 2.45) is 5.92 Å². The SMILES string of the molecule is CN1CCC(C2=[NH+]OCCO2)CC1. The zero-order chi connectivity index (χ0) is 9.10. The summed E-state index contributed by atoms with van der Waals surface area (Å²) in [7, 11) is 2.16. The van der Waals surface area contributed by atoms with Crippen molar-refractivity contribution in [3.05, 3.63) is 0 Å². The Morgan fingerprint density at radius 2 is 2.08 bits per heavy atom. The molecular weight excluding hydrogens is 168 g/mol. The molecule has 2 aliphatic rings. The number of hydrogen-bond donors (Lipinski definition) is 1. The topological polar surface area (TPSA) is 35.7 Å². The van der Waals surface area contributed by atoms with Crippen molar-refractivity contribution >= 4 is 5.90 Å². The van der Waals surface area contributed by atoms with Crippen molar-refractivity contribution < 1.29 is 14.7 Å². The lowest BCUT2D eigenvalue weighted by Crippen LogP contribution is -2.77. The predicted molar refractivity (Wildman–Crippen MR) is 48.1 cm³/mol. The van der Waals surface area contributed by atoms with Crippen LogP contribution in [0.1, 0.15) is 12.8 Å². The van der Waals surface area contributed by atoms with Gasteiger partial charge >= 0.3 is 5.90 Å². The van der Waals surface area contributed by atoms with Crippen molar-refractivity contribution in [1.29, 1.82) is 0 Å². The minimum Gasteiger partial charge on any atom is -0.441 e. The molecule has 2 heterocycles. The molecule has 4 nitrogen and oxygen atoms in total. The average molecular weight is 185 g/mol. The molecule has 1 saturated heterocycles. The lowest BCUT2D eigenvalue weighted by molar-refractivity contribution is -0.767. The molecular formula is C9H17N2O2+. The fourth-order valence-electron chi connectivity index (χ4n) is 1.82. The first-order chi connectivity index (χ1) is 6.36. The molecule has 4 heteroatoms. The lowest BCUT2D eigenvalue weighted by atomic mass is 9.97. The van der Waals surface area contributed by atoms with E-state index in [1.54, 1.807) is 0 Å². The van der Waals surface area contributed by atoms with Gasteiger partial charge in [0, 0.05) is 0 Å². The summed E-state index contributed by atoms with van der Waals surface area (Å²) < 4.78 is 5.51. The zero-order valence-corrected chi connectivity index (χ0v) is 8.08. The molecule has 1 fully saturated rings. The number of piperidine rings is 1. The normalized spacial score (nSPS) is 26.1. The van der Waals surface area contributed by atoms with Gasteiger partial charge in [0.25, 0.3) is 0 Å². The fourth-order valence-corrected chi connectivity index (χ4v) is 1.82. The van der Waals surface area contributed by atoms with Gasteiger partial charge in [0.1, 0.15) is 6.61 Å². The second-order valence-electron chi connectivity index (χ2n) is 3.74. The van der Waals surface area contributed by atoms with Crippen LogP contribution < -0.4 is 5.16 Å². The Balaban J connectivity index is 1.89. The number of nitrogens with one attached hydrogen (secondary N) is 1. The van der Waals surface area contributed by atoms with Crippen LogP contribution in [0.15, 0.2) is 0 Å². The van der Waals surface area contributed by atoms with Gasteiger partial charge in [-0.1, -0.05) is 0 Å². The third-order valence-electron chi connectivity index (χ3n) is 2.71. The molecule has 1 N–H and O–H groups in total. The third kappa shape index (κ3) is 2.12. The van der Waals surface area contributed by atoms with Gasteiger partial charge in [0.15, 0.2) is 6.61 Å². The fraction of sp³-hybridized carbons (Fsp3) is 0.889. The largest absolute Gasteiger partial charge is 0.441 e. The van der Waals surface area contributed by atoms with Gasteiger partial charge in [0.05, 0.1) is 5.92 Å². The Morgan fingerprint density at radius 3 is 2.69 bits per heavy atom. The maximum Gasteiger partial charge on any atom is 0.385 e. The minimum atomic E-state index is 0.538. The third-order valence-corrected chi connectivity index (χ3v) is 2.71. The minimum absolute atomic E-state index is 0.538. The maximum absolute atomic E-state index is 5.51. The Labute approximate surface area is 78.5 Å². The van der Waals surface area contributed by atoms with Gasteiger partial charge in [0.2, 0.25) is 0 Å². The molecule has 2 aliphatic heterocycles. The number of rotatable bonds is 1. The standard InChI is InChI=1S/C9H16N2O2/c1-11-4-2-8(3-5-11)9-10-13-7-6-12-9/h8H,2-7H2,1H3/p+1. The Hall–Kier alpha value is -0.770. The summed E-state index contributed by atoms with van der Waals surface area (Å²) in [5.41, 5.74) is 0. The van der Waals surface area contributed by atoms with Crippen LogP contribution in [-0.4, -0.2) is 44.1 Å². The average Bonchev–Trinajstić information content (AvgIpc) is 2.20. The molecule has 0 radical (unpaired) electrons. The summed E-state index contributed by atoms with van der Waals surface area (Å²) in [6.45, 7) is 3.64. The molecule has 0 amide bonds. The molecule has 0 aromatic carbocycles. The van der Waals surface area contributed by atoms with Crippen LogP contribution in [0.4, 0.5) is 0 Å². The van der Waals surface area contributed by atoms with E-state index in [4.69, 9.17) is 9.57 Å². The lowest BCUT2D eigenvalue weighted by Gasteiger charge is -2.27. The molecule has 0 atom stereocenters. The quantitative estimate of drug-likeness (QED) is 0.555. The summed E-state index contributed by atoms with van der Waals surface area (Å²) in [4.78, 5) is 7.48. The van der Waals surface area contributed by atoms with Crippen molar-refractivity contribution in [3.63, 3.8) is 0 Å². The Morgan fingerprint density at radius 1 is 1.31 bits per heavy atom. The molecule has 0 unspecified atom stereocenters. The van der Waals surface area contributed by atoms with Gasteiger partial charge in [-0.3, -0.25) is 4.84 Å². The highest BCUT2D eigenvalue weighted by Gasteiger charge is 2.29. The summed E-state index contributed by atoms with van der Waals surface area (Å²) in [6, 6.07) is 0. The smallest absolute Gasteiger partial charge is 0.385 e. The molecule has 0 bridgehead atoms. The van der Waals surface area contributed by atoms with Crippen molar-refractivity contribution in [2.45, 2.75) is 12.8 Å². The van der Waals surface area contributed by atoms with E-state index in [1.165, 1.54) is 12.8 Å². The first-order valence-corrected chi connectivity index (χ1v) is 4.92. The molecule has 0 spiro atoms. The van der Waals surface area contributed by atoms with Gasteiger partial charge in [-0.15, -0.1) is 0 Å². The highest BCUT2D eigenvalue weighted by atomic mass is 16.7. The van der Waals surface area contributed by atoms with Crippen molar-refractivity contribution in [3.8, 4) is 0 Å². The highest BCUT2D eigenvalue weighted by molar-refractivity contribution is 5.73. The van der Waals surface area contributed by atoms with E-state index in [0.717, 1.165) is 19.0 Å². The first-order valence-electron chi connectivity index (χ1n) is 4.92. The number of ether oxygens (including phenoxy) is 1. The van der Waals surface area contributed by atoms with Crippen molar-refractivity contribution in [2.75, 3.05) is 33.4 Å². The molecule has 0 saturated carbocycles. The van der Waals surface area contributed by atoms with Crippen LogP contribution in [0.3, 0.4) is 0 Å². The van der Waals surface area contributed by atoms with Crippen LogP contribution in [-0.2, 0) is 9.57 Å². The summed E-state index contributed by atoms with van der Waals surface area (Å²) >= 11 is 0. The molecule has 0 aromatic heterocycles. The van der Waals surface area contributed by atoms with Crippen LogP contribution in [0.2, 0.25) is 0 Å². The second kappa shape index (κ2) is 3.96. The Kier molecular flexibility index (Phi) is 2.68. The summed E-state index contributed by atoms with van der Waals surface area (Å²) in [5.74, 6) is 1.48. The number of hydrogen-bond acceptors (Lipinski definition) is 3. The van der Waals surface area contributed by atoms with E-state index in [9.17, 15) is 0 Å². The monoisotopic (exact) mass is 185 g/mol. The molecule has 0 aromatic rings. The van der Waals surface area contributed by atoms with E-state index in [1.807, 2.05) is 0 Å². The van der Waals surface area contributed by atoms with Crippen LogP contribution >= 0.6 is 0 Å². The second-order valence-corrected chi connectivity index (χ2v) is 3.74. The molecule has 2 rings (SSSR count). The van der Waals surface area contributed by atoms with E-state index >= 15 is 0 Å². The first kappa shape index (κ1) is 8.81. The number of likely N-dealkylation sites (tertiary alicyclic amines) is 1. The maximum atomic E-state index is 5.51. The Bertz CT molecular complexity index is 198. The molecule has 0 aliphatic carbocycles. The van der Waals surface area contributed by atoms with E-state index < -0.39 is 0 Å². The van der Waals surface area contributed by atoms with Crippen molar-refractivity contribution in [1.82, 2.24) is 4.90 Å². The van der Waals surface area contributed by atoms with Crippen LogP contribution in [0.5, 0.6) is 0 Å². The van der Waals surface area contributed by atoms with E-state index in [-0.39, 0.29) is 0 Å². The molecule has 74 valence electrons. The predicted octanol–water partition coefficient (Wildman–Crippen LogP) is -1.23.